The largest absolute Gasteiger partial charge is 0.461 e. The molecule has 35 heavy (non-hydrogen) atoms. The van der Waals surface area contributed by atoms with Gasteiger partial charge in [0.05, 0.1) is 17.2 Å². The molecule has 0 spiro atoms. The fraction of sp³-hybridized carbons (Fsp3) is 0.0833. The van der Waals surface area contributed by atoms with Crippen molar-refractivity contribution in [3.05, 3.63) is 95.0 Å². The Labute approximate surface area is 204 Å². The number of thioether (sulfide) groups is 1. The van der Waals surface area contributed by atoms with Crippen molar-refractivity contribution in [2.24, 2.45) is 5.10 Å². The number of hydrogen-bond donors (Lipinski definition) is 1. The summed E-state index contributed by atoms with van der Waals surface area (Å²) >= 11 is 0.995. The van der Waals surface area contributed by atoms with Gasteiger partial charge in [0.1, 0.15) is 0 Å². The number of nitro groups is 1. The molecule has 0 amide bonds. The normalized spacial score (nSPS) is 11.2. The summed E-state index contributed by atoms with van der Waals surface area (Å²) in [5.74, 6) is -0.0402. The number of nitro benzene ring substituents is 1. The maximum absolute atomic E-state index is 12.7. The molecule has 0 aliphatic heterocycles. The number of carbonyl (C=O) groups excluding carboxylic acids is 1. The minimum atomic E-state index is -0.643. The van der Waals surface area contributed by atoms with Gasteiger partial charge < -0.3 is 4.74 Å². The third-order valence-corrected chi connectivity index (χ3v) is 5.58. The Morgan fingerprint density at radius 3 is 2.31 bits per heavy atom. The van der Waals surface area contributed by atoms with Crippen LogP contribution in [0, 0.1) is 10.1 Å². The molecule has 4 rings (SSSR count). The average Bonchev–Trinajstić information content (AvgIpc) is 3.31. The third kappa shape index (κ3) is 5.71. The van der Waals surface area contributed by atoms with Crippen molar-refractivity contribution < 1.29 is 14.5 Å². The number of non-ortho nitro benzene ring substituents is 1. The van der Waals surface area contributed by atoms with E-state index in [1.165, 1.54) is 24.3 Å². The Balaban J connectivity index is 1.70. The summed E-state index contributed by atoms with van der Waals surface area (Å²) in [7, 11) is 0. The summed E-state index contributed by atoms with van der Waals surface area (Å²) in [5, 5.41) is 24.2. The van der Waals surface area contributed by atoms with Crippen molar-refractivity contribution in [3.8, 4) is 17.1 Å². The van der Waals surface area contributed by atoms with E-state index < -0.39 is 10.9 Å². The second-order valence-corrected chi connectivity index (χ2v) is 7.95. The summed E-state index contributed by atoms with van der Waals surface area (Å²) in [4.78, 5) is 23.1. The number of carbonyl (C=O) groups is 1. The molecule has 11 heteroatoms. The van der Waals surface area contributed by atoms with Gasteiger partial charge in [0.2, 0.25) is 10.2 Å². The number of hydrazone groups is 1. The van der Waals surface area contributed by atoms with Crippen LogP contribution in [0.25, 0.3) is 17.1 Å². The van der Waals surface area contributed by atoms with E-state index in [2.05, 4.69) is 20.7 Å². The van der Waals surface area contributed by atoms with Crippen LogP contribution in [0.5, 0.6) is 0 Å². The fourth-order valence-corrected chi connectivity index (χ4v) is 3.85. The lowest BCUT2D eigenvalue weighted by Gasteiger charge is -2.11. The molecule has 3 aromatic carbocycles. The molecular weight excluding hydrogens is 468 g/mol. The first-order valence-corrected chi connectivity index (χ1v) is 11.4. The monoisotopic (exact) mass is 488 g/mol. The zero-order chi connectivity index (χ0) is 24.6. The van der Waals surface area contributed by atoms with E-state index in [1.807, 2.05) is 65.2 Å². The number of hydrogen-bond acceptors (Lipinski definition) is 9. The van der Waals surface area contributed by atoms with Gasteiger partial charge in [-0.15, -0.1) is 10.2 Å². The van der Waals surface area contributed by atoms with Gasteiger partial charge in [-0.05, 0) is 43.0 Å². The summed E-state index contributed by atoms with van der Waals surface area (Å²) in [6.45, 7) is 1.86. The summed E-state index contributed by atoms with van der Waals surface area (Å²) in [6, 6.07) is 24.8. The Morgan fingerprint density at radius 2 is 1.69 bits per heavy atom. The maximum atomic E-state index is 12.7. The van der Waals surface area contributed by atoms with E-state index in [9.17, 15) is 14.9 Å². The van der Waals surface area contributed by atoms with E-state index in [-0.39, 0.29) is 17.3 Å². The molecule has 1 heterocycles. The van der Waals surface area contributed by atoms with Crippen LogP contribution in [-0.2, 0) is 9.53 Å². The van der Waals surface area contributed by atoms with E-state index in [0.29, 0.717) is 16.7 Å². The van der Waals surface area contributed by atoms with E-state index in [0.717, 1.165) is 23.0 Å². The average molecular weight is 489 g/mol. The van der Waals surface area contributed by atoms with Gasteiger partial charge in [-0.25, -0.2) is 4.79 Å². The molecule has 176 valence electrons. The summed E-state index contributed by atoms with van der Waals surface area (Å²) in [6.07, 6.45) is 0. The molecule has 0 fully saturated rings. The number of benzene rings is 3. The van der Waals surface area contributed by atoms with E-state index >= 15 is 0 Å². The molecular formula is C24H20N6O4S. The molecule has 1 aromatic heterocycles. The predicted octanol–water partition coefficient (Wildman–Crippen LogP) is 4.92. The van der Waals surface area contributed by atoms with Crippen molar-refractivity contribution >= 4 is 34.1 Å². The van der Waals surface area contributed by atoms with Gasteiger partial charge in [0, 0.05) is 23.4 Å². The highest BCUT2D eigenvalue weighted by atomic mass is 32.2. The van der Waals surface area contributed by atoms with E-state index in [1.54, 1.807) is 6.92 Å². The molecule has 0 atom stereocenters. The van der Waals surface area contributed by atoms with Gasteiger partial charge in [-0.2, -0.15) is 5.10 Å². The molecule has 0 aliphatic rings. The SMILES string of the molecule is CCOC(=O)/C(=N\Nc1ccc([N+](=O)[O-])cc1)Sc1nnc(-c2ccccc2)n1-c1ccccc1. The third-order valence-electron chi connectivity index (χ3n) is 4.68. The van der Waals surface area contributed by atoms with Crippen LogP contribution >= 0.6 is 11.8 Å². The Morgan fingerprint density at radius 1 is 1.03 bits per heavy atom. The minimum absolute atomic E-state index is 0.00519. The van der Waals surface area contributed by atoms with Crippen molar-refractivity contribution in [2.75, 3.05) is 12.0 Å². The van der Waals surface area contributed by atoms with Crippen LogP contribution in [0.3, 0.4) is 0 Å². The fourth-order valence-electron chi connectivity index (χ4n) is 3.08. The Hall–Kier alpha value is -4.51. The minimum Gasteiger partial charge on any atom is -0.461 e. The smallest absolute Gasteiger partial charge is 0.365 e. The highest BCUT2D eigenvalue weighted by molar-refractivity contribution is 8.15. The topological polar surface area (TPSA) is 125 Å². The lowest BCUT2D eigenvalue weighted by atomic mass is 10.2. The molecule has 4 aromatic rings. The lowest BCUT2D eigenvalue weighted by molar-refractivity contribution is -0.384. The Bertz CT molecular complexity index is 1340. The Kier molecular flexibility index (Phi) is 7.48. The van der Waals surface area contributed by atoms with Crippen LogP contribution in [0.1, 0.15) is 6.92 Å². The van der Waals surface area contributed by atoms with Crippen molar-refractivity contribution in [1.82, 2.24) is 14.8 Å². The van der Waals surface area contributed by atoms with Crippen LogP contribution in [0.4, 0.5) is 11.4 Å². The van der Waals surface area contributed by atoms with Gasteiger partial charge in [-0.1, -0.05) is 48.5 Å². The van der Waals surface area contributed by atoms with Crippen LogP contribution in [0.2, 0.25) is 0 Å². The van der Waals surface area contributed by atoms with Gasteiger partial charge in [0.25, 0.3) is 5.69 Å². The highest BCUT2D eigenvalue weighted by Crippen LogP contribution is 2.29. The molecule has 0 unspecified atom stereocenters. The number of para-hydroxylation sites is 1. The summed E-state index contributed by atoms with van der Waals surface area (Å²) < 4.78 is 7.01. The summed E-state index contributed by atoms with van der Waals surface area (Å²) in [5.41, 5.74) is 4.83. The quantitative estimate of drug-likeness (QED) is 0.0970. The molecule has 0 saturated heterocycles. The number of aromatic nitrogens is 3. The van der Waals surface area contributed by atoms with Crippen LogP contribution < -0.4 is 5.43 Å². The van der Waals surface area contributed by atoms with E-state index in [4.69, 9.17) is 4.74 Å². The van der Waals surface area contributed by atoms with Crippen molar-refractivity contribution in [2.45, 2.75) is 12.1 Å². The first-order chi connectivity index (χ1) is 17.1. The van der Waals surface area contributed by atoms with Crippen molar-refractivity contribution in [3.63, 3.8) is 0 Å². The first-order valence-electron chi connectivity index (χ1n) is 10.6. The van der Waals surface area contributed by atoms with Gasteiger partial charge in [-0.3, -0.25) is 20.1 Å². The van der Waals surface area contributed by atoms with Crippen LogP contribution in [0.15, 0.2) is 95.2 Å². The molecule has 0 radical (unpaired) electrons. The van der Waals surface area contributed by atoms with Crippen molar-refractivity contribution in [1.29, 1.82) is 0 Å². The number of rotatable bonds is 7. The maximum Gasteiger partial charge on any atom is 0.365 e. The first kappa shape index (κ1) is 23.6. The number of nitrogens with zero attached hydrogens (tertiary/aromatic N) is 5. The molecule has 0 saturated carbocycles. The molecule has 0 bridgehead atoms. The number of nitrogens with one attached hydrogen (secondary N) is 1. The number of ether oxygens (including phenoxy) is 1. The second-order valence-electron chi connectivity index (χ2n) is 7.00. The zero-order valence-electron chi connectivity index (χ0n) is 18.6. The molecule has 10 nitrogen and oxygen atoms in total. The zero-order valence-corrected chi connectivity index (χ0v) is 19.4. The van der Waals surface area contributed by atoms with Gasteiger partial charge >= 0.3 is 5.97 Å². The van der Waals surface area contributed by atoms with Crippen LogP contribution in [-0.4, -0.2) is 37.3 Å². The predicted molar refractivity (Wildman–Crippen MR) is 133 cm³/mol. The highest BCUT2D eigenvalue weighted by Gasteiger charge is 2.22. The number of anilines is 1. The van der Waals surface area contributed by atoms with Gasteiger partial charge in [0.15, 0.2) is 5.82 Å². The number of esters is 1. The second kappa shape index (κ2) is 11.1. The molecule has 1 N–H and O–H groups in total. The molecule has 0 aliphatic carbocycles. The standard InChI is InChI=1S/C24H20N6O4S/c1-2-34-23(31)22(27-25-18-13-15-20(16-14-18)30(32)33)35-24-28-26-21(17-9-5-3-6-10-17)29(24)19-11-7-4-8-12-19/h3-16,25H,2H2,1H3/b27-22+. The lowest BCUT2D eigenvalue weighted by Crippen LogP contribution is -2.17.